The molecule has 1 fully saturated rings. The molecule has 0 radical (unpaired) electrons. The smallest absolute Gasteiger partial charge is 0.355 e. The molecule has 3 nitrogen and oxygen atoms in total. The molecule has 1 saturated heterocycles. The largest absolute Gasteiger partial charge is 0.401 e. The minimum absolute atomic E-state index is 0.0758. The standard InChI is InChI=1S/C16H21F3N2OS/c1-12(23-14-5-3-2-4-6-14)15(22)20-9-13-7-8-21(10-13)11-16(17,18)19/h2-6,12-13H,7-11H2,1H3,(H,20,22). The first kappa shape index (κ1) is 18.1. The summed E-state index contributed by atoms with van der Waals surface area (Å²) in [6, 6.07) is 9.64. The Kier molecular flexibility index (Phi) is 6.35. The van der Waals surface area contributed by atoms with Crippen molar-refractivity contribution in [2.24, 2.45) is 5.92 Å². The zero-order valence-electron chi connectivity index (χ0n) is 13.0. The highest BCUT2D eigenvalue weighted by Gasteiger charge is 2.34. The molecule has 0 spiro atoms. The van der Waals surface area contributed by atoms with Crippen LogP contribution in [0.2, 0.25) is 0 Å². The van der Waals surface area contributed by atoms with Crippen molar-refractivity contribution in [2.45, 2.75) is 29.7 Å². The molecule has 0 aliphatic carbocycles. The van der Waals surface area contributed by atoms with E-state index in [1.165, 1.54) is 16.7 Å². The summed E-state index contributed by atoms with van der Waals surface area (Å²) in [5.41, 5.74) is 0. The van der Waals surface area contributed by atoms with E-state index in [1.807, 2.05) is 37.3 Å². The number of thioether (sulfide) groups is 1. The van der Waals surface area contributed by atoms with Crippen molar-refractivity contribution < 1.29 is 18.0 Å². The lowest BCUT2D eigenvalue weighted by molar-refractivity contribution is -0.143. The first-order chi connectivity index (χ1) is 10.8. The highest BCUT2D eigenvalue weighted by Crippen LogP contribution is 2.24. The van der Waals surface area contributed by atoms with E-state index < -0.39 is 12.7 Å². The molecule has 0 bridgehead atoms. The number of hydrogen-bond acceptors (Lipinski definition) is 3. The summed E-state index contributed by atoms with van der Waals surface area (Å²) >= 11 is 1.47. The van der Waals surface area contributed by atoms with Crippen LogP contribution in [0.3, 0.4) is 0 Å². The third-order valence-corrected chi connectivity index (χ3v) is 4.88. The molecule has 2 atom stereocenters. The second-order valence-electron chi connectivity index (χ2n) is 5.82. The summed E-state index contributed by atoms with van der Waals surface area (Å²) < 4.78 is 37.0. The second-order valence-corrected chi connectivity index (χ2v) is 7.24. The first-order valence-corrected chi connectivity index (χ1v) is 8.50. The van der Waals surface area contributed by atoms with Crippen molar-refractivity contribution in [3.63, 3.8) is 0 Å². The molecule has 0 saturated carbocycles. The Labute approximate surface area is 138 Å². The van der Waals surface area contributed by atoms with Gasteiger partial charge in [-0.05, 0) is 37.9 Å². The van der Waals surface area contributed by atoms with Crippen LogP contribution < -0.4 is 5.32 Å². The van der Waals surface area contributed by atoms with Crippen molar-refractivity contribution in [1.82, 2.24) is 10.2 Å². The number of halogens is 3. The molecule has 2 unspecified atom stereocenters. The predicted octanol–water partition coefficient (Wildman–Crippen LogP) is 3.17. The van der Waals surface area contributed by atoms with Crippen LogP contribution in [0.5, 0.6) is 0 Å². The maximum atomic E-state index is 12.3. The van der Waals surface area contributed by atoms with Gasteiger partial charge in [0.1, 0.15) is 0 Å². The average molecular weight is 346 g/mol. The molecule has 128 valence electrons. The minimum Gasteiger partial charge on any atom is -0.355 e. The van der Waals surface area contributed by atoms with Gasteiger partial charge in [-0.3, -0.25) is 9.69 Å². The van der Waals surface area contributed by atoms with Crippen LogP contribution in [0.4, 0.5) is 13.2 Å². The molecule has 1 aromatic rings. The van der Waals surface area contributed by atoms with Crippen molar-refractivity contribution in [1.29, 1.82) is 0 Å². The van der Waals surface area contributed by atoms with Gasteiger partial charge in [-0.25, -0.2) is 0 Å². The zero-order valence-corrected chi connectivity index (χ0v) is 13.8. The number of likely N-dealkylation sites (tertiary alicyclic amines) is 1. The molecule has 0 aromatic heterocycles. The Morgan fingerprint density at radius 1 is 1.39 bits per heavy atom. The van der Waals surface area contributed by atoms with E-state index in [4.69, 9.17) is 0 Å². The van der Waals surface area contributed by atoms with Gasteiger partial charge in [0.25, 0.3) is 0 Å². The Morgan fingerprint density at radius 2 is 2.09 bits per heavy atom. The summed E-state index contributed by atoms with van der Waals surface area (Å²) in [7, 11) is 0. The van der Waals surface area contributed by atoms with Gasteiger partial charge in [-0.2, -0.15) is 13.2 Å². The summed E-state index contributed by atoms with van der Waals surface area (Å²) in [6.07, 6.45) is -3.46. The predicted molar refractivity (Wildman–Crippen MR) is 85.4 cm³/mol. The average Bonchev–Trinajstić information content (AvgIpc) is 2.91. The summed E-state index contributed by atoms with van der Waals surface area (Å²) in [6.45, 7) is 2.23. The van der Waals surface area contributed by atoms with E-state index in [0.29, 0.717) is 26.1 Å². The molecule has 1 amide bonds. The highest BCUT2D eigenvalue weighted by molar-refractivity contribution is 8.00. The van der Waals surface area contributed by atoms with E-state index >= 15 is 0 Å². The molecule has 1 aliphatic rings. The lowest BCUT2D eigenvalue weighted by Gasteiger charge is -2.18. The molecule has 1 N–H and O–H groups in total. The van der Waals surface area contributed by atoms with E-state index in [2.05, 4.69) is 5.32 Å². The van der Waals surface area contributed by atoms with Crippen LogP contribution in [-0.2, 0) is 4.79 Å². The van der Waals surface area contributed by atoms with Gasteiger partial charge < -0.3 is 5.32 Å². The van der Waals surface area contributed by atoms with Crippen LogP contribution in [0.15, 0.2) is 35.2 Å². The Hall–Kier alpha value is -1.21. The molecular weight excluding hydrogens is 325 g/mol. The van der Waals surface area contributed by atoms with Crippen LogP contribution in [0.25, 0.3) is 0 Å². The number of nitrogens with zero attached hydrogens (tertiary/aromatic N) is 1. The number of benzene rings is 1. The third kappa shape index (κ3) is 6.43. The first-order valence-electron chi connectivity index (χ1n) is 7.62. The van der Waals surface area contributed by atoms with E-state index in [1.54, 1.807) is 0 Å². The van der Waals surface area contributed by atoms with Crippen LogP contribution >= 0.6 is 11.8 Å². The lowest BCUT2D eigenvalue weighted by Crippen LogP contribution is -2.37. The fourth-order valence-electron chi connectivity index (χ4n) is 2.62. The zero-order chi connectivity index (χ0) is 16.9. The van der Waals surface area contributed by atoms with Crippen LogP contribution in [0, 0.1) is 5.92 Å². The molecule has 23 heavy (non-hydrogen) atoms. The fraction of sp³-hybridized carbons (Fsp3) is 0.562. The third-order valence-electron chi connectivity index (χ3n) is 3.76. The topological polar surface area (TPSA) is 32.3 Å². The van der Waals surface area contributed by atoms with Gasteiger partial charge in [-0.15, -0.1) is 11.8 Å². The van der Waals surface area contributed by atoms with Gasteiger partial charge >= 0.3 is 6.18 Å². The Balaban J connectivity index is 1.70. The van der Waals surface area contributed by atoms with E-state index in [9.17, 15) is 18.0 Å². The van der Waals surface area contributed by atoms with E-state index in [-0.39, 0.29) is 17.1 Å². The molecule has 1 aliphatic heterocycles. The van der Waals surface area contributed by atoms with Crippen molar-refractivity contribution in [2.75, 3.05) is 26.2 Å². The number of carbonyl (C=O) groups is 1. The summed E-state index contributed by atoms with van der Waals surface area (Å²) in [5, 5.41) is 2.63. The Morgan fingerprint density at radius 3 is 2.74 bits per heavy atom. The summed E-state index contributed by atoms with van der Waals surface area (Å²) in [5.74, 6) is 0.0170. The highest BCUT2D eigenvalue weighted by atomic mass is 32.2. The maximum absolute atomic E-state index is 12.3. The maximum Gasteiger partial charge on any atom is 0.401 e. The number of alkyl halides is 3. The number of nitrogens with one attached hydrogen (secondary N) is 1. The Bertz CT molecular complexity index is 510. The van der Waals surface area contributed by atoms with Crippen LogP contribution in [-0.4, -0.2) is 48.4 Å². The van der Waals surface area contributed by atoms with Crippen molar-refractivity contribution in [3.05, 3.63) is 30.3 Å². The van der Waals surface area contributed by atoms with Gasteiger partial charge in [0, 0.05) is 18.0 Å². The number of amides is 1. The van der Waals surface area contributed by atoms with Gasteiger partial charge in [-0.1, -0.05) is 18.2 Å². The quantitative estimate of drug-likeness (QED) is 0.803. The SMILES string of the molecule is CC(Sc1ccccc1)C(=O)NCC1CCN(CC(F)(F)F)C1. The fourth-order valence-corrected chi connectivity index (χ4v) is 3.53. The minimum atomic E-state index is -4.15. The molecular formula is C16H21F3N2OS. The van der Waals surface area contributed by atoms with Crippen molar-refractivity contribution in [3.8, 4) is 0 Å². The molecule has 1 aromatic carbocycles. The number of rotatable bonds is 6. The van der Waals surface area contributed by atoms with Crippen LogP contribution in [0.1, 0.15) is 13.3 Å². The lowest BCUT2D eigenvalue weighted by atomic mass is 10.1. The van der Waals surface area contributed by atoms with Crippen molar-refractivity contribution >= 4 is 17.7 Å². The number of carbonyl (C=O) groups excluding carboxylic acids is 1. The van der Waals surface area contributed by atoms with Gasteiger partial charge in [0.05, 0.1) is 11.8 Å². The van der Waals surface area contributed by atoms with E-state index in [0.717, 1.165) is 4.90 Å². The normalized spacial score (nSPS) is 20.4. The molecule has 2 rings (SSSR count). The summed E-state index contributed by atoms with van der Waals surface area (Å²) in [4.78, 5) is 14.5. The molecule has 1 heterocycles. The monoisotopic (exact) mass is 346 g/mol. The second kappa shape index (κ2) is 8.06. The van der Waals surface area contributed by atoms with Gasteiger partial charge in [0.15, 0.2) is 0 Å². The van der Waals surface area contributed by atoms with Gasteiger partial charge in [0.2, 0.25) is 5.91 Å². The molecule has 7 heteroatoms. The number of hydrogen-bond donors (Lipinski definition) is 1.